The Kier molecular flexibility index (Phi) is 6.45. The molecule has 0 aromatic heterocycles. The van der Waals surface area contributed by atoms with Gasteiger partial charge in [0.1, 0.15) is 6.26 Å². The van der Waals surface area contributed by atoms with Gasteiger partial charge in [-0.25, -0.2) is 4.79 Å². The molecule has 0 amide bonds. The molecule has 0 aliphatic heterocycles. The normalized spacial score (nSPS) is 12.1. The number of hydrogen-bond acceptors (Lipinski definition) is 6. The van der Waals surface area contributed by atoms with Crippen molar-refractivity contribution in [2.45, 2.75) is 6.92 Å². The Morgan fingerprint density at radius 1 is 1.20 bits per heavy atom. The van der Waals surface area contributed by atoms with Crippen molar-refractivity contribution in [2.75, 3.05) is 20.8 Å². The van der Waals surface area contributed by atoms with E-state index in [0.29, 0.717) is 12.2 Å². The van der Waals surface area contributed by atoms with Crippen molar-refractivity contribution in [1.29, 1.82) is 0 Å². The van der Waals surface area contributed by atoms with E-state index in [1.165, 1.54) is 14.2 Å². The highest BCUT2D eigenvalue weighted by Gasteiger charge is 2.32. The van der Waals surface area contributed by atoms with E-state index in [-0.39, 0.29) is 5.50 Å². The molecule has 0 saturated carbocycles. The number of hydrogen-bond donors (Lipinski definition) is 0. The lowest BCUT2D eigenvalue weighted by molar-refractivity contribution is 0.0617. The molecular weight excluding hydrogens is 283 g/mol. The number of ether oxygens (including phenoxy) is 2. The molecule has 0 aliphatic carbocycles. The van der Waals surface area contributed by atoms with E-state index in [1.54, 1.807) is 37.3 Å². The van der Waals surface area contributed by atoms with Crippen LogP contribution in [0.3, 0.4) is 0 Å². The molecule has 0 unspecified atom stereocenters. The van der Waals surface area contributed by atoms with Crippen LogP contribution >= 0.6 is 7.60 Å². The number of carbonyl (C=O) groups is 1. The molecule has 0 saturated heterocycles. The van der Waals surface area contributed by atoms with Crippen LogP contribution in [0.2, 0.25) is 0 Å². The summed E-state index contributed by atoms with van der Waals surface area (Å²) in [5.41, 5.74) is 0.0202. The molecule has 7 heteroatoms. The van der Waals surface area contributed by atoms with E-state index >= 15 is 0 Å². The summed E-state index contributed by atoms with van der Waals surface area (Å²) in [7, 11) is -1.31. The predicted octanol–water partition coefficient (Wildman–Crippen LogP) is 3.16. The number of benzene rings is 1. The molecule has 0 radical (unpaired) electrons. The second-order valence-electron chi connectivity index (χ2n) is 3.53. The SMILES string of the molecule is CCO/C=C(\OC(=O)c1ccccc1)P(=O)(OC)OC. The Bertz CT molecular complexity index is 503. The van der Waals surface area contributed by atoms with Crippen LogP contribution < -0.4 is 0 Å². The van der Waals surface area contributed by atoms with Gasteiger partial charge in [-0.05, 0) is 19.1 Å². The molecule has 1 aromatic rings. The van der Waals surface area contributed by atoms with Gasteiger partial charge in [0, 0.05) is 14.2 Å². The summed E-state index contributed by atoms with van der Waals surface area (Å²) < 4.78 is 31.9. The Morgan fingerprint density at radius 3 is 2.30 bits per heavy atom. The van der Waals surface area contributed by atoms with E-state index < -0.39 is 13.6 Å². The van der Waals surface area contributed by atoms with Crippen molar-refractivity contribution >= 4 is 13.6 Å². The molecule has 1 rings (SSSR count). The minimum absolute atomic E-state index is 0.293. The lowest BCUT2D eigenvalue weighted by Crippen LogP contribution is -2.07. The molecule has 0 fully saturated rings. The van der Waals surface area contributed by atoms with Crippen LogP contribution in [-0.2, 0) is 23.1 Å². The molecule has 0 N–H and O–H groups in total. The molecule has 110 valence electrons. The Morgan fingerprint density at radius 2 is 1.80 bits per heavy atom. The fraction of sp³-hybridized carbons (Fsp3) is 0.308. The molecule has 6 nitrogen and oxygen atoms in total. The molecule has 0 aliphatic rings. The topological polar surface area (TPSA) is 71.1 Å². The Balaban J connectivity index is 2.97. The smallest absolute Gasteiger partial charge is 0.399 e. The van der Waals surface area contributed by atoms with Crippen LogP contribution in [0.15, 0.2) is 42.1 Å². The molecule has 0 bridgehead atoms. The molecule has 0 spiro atoms. The lowest BCUT2D eigenvalue weighted by Gasteiger charge is -2.16. The van der Waals surface area contributed by atoms with Crippen molar-refractivity contribution in [2.24, 2.45) is 0 Å². The summed E-state index contributed by atoms with van der Waals surface area (Å²) in [5, 5.41) is 0. The Hall–Kier alpha value is -1.62. The molecule has 1 aromatic carbocycles. The van der Waals surface area contributed by atoms with Gasteiger partial charge in [-0.3, -0.25) is 4.57 Å². The van der Waals surface area contributed by atoms with Crippen molar-refractivity contribution in [3.05, 3.63) is 47.7 Å². The van der Waals surface area contributed by atoms with Gasteiger partial charge in [0.05, 0.1) is 12.2 Å². The number of rotatable bonds is 7. The van der Waals surface area contributed by atoms with Gasteiger partial charge in [-0.1, -0.05) is 18.2 Å². The van der Waals surface area contributed by atoms with Crippen molar-refractivity contribution in [3.63, 3.8) is 0 Å². The van der Waals surface area contributed by atoms with Gasteiger partial charge in [0.15, 0.2) is 0 Å². The summed E-state index contributed by atoms with van der Waals surface area (Å²) in [4.78, 5) is 11.9. The summed E-state index contributed by atoms with van der Waals surface area (Å²) in [5.74, 6) is -0.675. The summed E-state index contributed by atoms with van der Waals surface area (Å²) in [6.45, 7) is 2.05. The summed E-state index contributed by atoms with van der Waals surface area (Å²) in [6, 6.07) is 8.29. The minimum atomic E-state index is -3.70. The fourth-order valence-electron chi connectivity index (χ4n) is 1.28. The van der Waals surface area contributed by atoms with Crippen molar-refractivity contribution < 1.29 is 27.9 Å². The van der Waals surface area contributed by atoms with E-state index in [1.807, 2.05) is 0 Å². The second kappa shape index (κ2) is 7.85. The summed E-state index contributed by atoms with van der Waals surface area (Å²) in [6.07, 6.45) is 1.06. The second-order valence-corrected chi connectivity index (χ2v) is 5.70. The third-order valence-electron chi connectivity index (χ3n) is 2.31. The van der Waals surface area contributed by atoms with E-state index in [9.17, 15) is 9.36 Å². The molecular formula is C13H17O6P. The lowest BCUT2D eigenvalue weighted by atomic mass is 10.2. The van der Waals surface area contributed by atoms with Crippen molar-refractivity contribution in [1.82, 2.24) is 0 Å². The van der Waals surface area contributed by atoms with Crippen LogP contribution in [0.1, 0.15) is 17.3 Å². The first-order valence-corrected chi connectivity index (χ1v) is 7.42. The average Bonchev–Trinajstić information content (AvgIpc) is 2.51. The van der Waals surface area contributed by atoms with E-state index in [0.717, 1.165) is 6.26 Å². The first kappa shape index (κ1) is 16.4. The van der Waals surface area contributed by atoms with Crippen LogP contribution in [0, 0.1) is 0 Å². The highest BCUT2D eigenvalue weighted by atomic mass is 31.2. The predicted molar refractivity (Wildman–Crippen MR) is 73.2 cm³/mol. The fourth-order valence-corrected chi connectivity index (χ4v) is 2.19. The third kappa shape index (κ3) is 4.20. The van der Waals surface area contributed by atoms with Crippen molar-refractivity contribution in [3.8, 4) is 0 Å². The van der Waals surface area contributed by atoms with Crippen LogP contribution in [0.4, 0.5) is 0 Å². The van der Waals surface area contributed by atoms with Gasteiger partial charge in [0.2, 0.25) is 0 Å². The van der Waals surface area contributed by atoms with Gasteiger partial charge < -0.3 is 18.5 Å². The van der Waals surface area contributed by atoms with Gasteiger partial charge in [0.25, 0.3) is 5.50 Å². The number of carbonyl (C=O) groups excluding carboxylic acids is 1. The highest BCUT2D eigenvalue weighted by molar-refractivity contribution is 7.58. The van der Waals surface area contributed by atoms with Gasteiger partial charge in [-0.15, -0.1) is 0 Å². The van der Waals surface area contributed by atoms with Crippen LogP contribution in [0.5, 0.6) is 0 Å². The molecule has 0 atom stereocenters. The maximum atomic E-state index is 12.3. The zero-order valence-corrected chi connectivity index (χ0v) is 12.5. The standard InChI is InChI=1S/C13H17O6P/c1-4-18-10-12(20(15,16-2)17-3)19-13(14)11-8-6-5-7-9-11/h5-10H,4H2,1-3H3/b12-10+. The highest BCUT2D eigenvalue weighted by Crippen LogP contribution is 2.55. The molecule has 20 heavy (non-hydrogen) atoms. The third-order valence-corrected chi connectivity index (χ3v) is 4.01. The van der Waals surface area contributed by atoms with Gasteiger partial charge >= 0.3 is 13.6 Å². The largest absolute Gasteiger partial charge is 0.497 e. The van der Waals surface area contributed by atoms with Crippen LogP contribution in [-0.4, -0.2) is 26.8 Å². The van der Waals surface area contributed by atoms with Gasteiger partial charge in [-0.2, -0.15) is 0 Å². The minimum Gasteiger partial charge on any atom is -0.497 e. The zero-order chi connectivity index (χ0) is 15.0. The number of esters is 1. The Labute approximate surface area is 117 Å². The quantitative estimate of drug-likeness (QED) is 0.437. The maximum absolute atomic E-state index is 12.3. The molecule has 0 heterocycles. The maximum Gasteiger partial charge on any atom is 0.399 e. The van der Waals surface area contributed by atoms with E-state index in [2.05, 4.69) is 0 Å². The monoisotopic (exact) mass is 300 g/mol. The summed E-state index contributed by atoms with van der Waals surface area (Å²) >= 11 is 0. The average molecular weight is 300 g/mol. The zero-order valence-electron chi connectivity index (χ0n) is 11.6. The van der Waals surface area contributed by atoms with Crippen LogP contribution in [0.25, 0.3) is 0 Å². The first-order chi connectivity index (χ1) is 9.57. The first-order valence-electron chi connectivity index (χ1n) is 5.88. The van der Waals surface area contributed by atoms with E-state index in [4.69, 9.17) is 18.5 Å².